The Hall–Kier alpha value is -2.07. The van der Waals surface area contributed by atoms with Crippen molar-refractivity contribution in [1.29, 1.82) is 0 Å². The number of carboxylic acid groups (broad SMARTS) is 1. The first-order valence-corrected chi connectivity index (χ1v) is 5.96. The van der Waals surface area contributed by atoms with Crippen molar-refractivity contribution in [3.8, 4) is 0 Å². The zero-order valence-corrected chi connectivity index (χ0v) is 10.6. The van der Waals surface area contributed by atoms with Gasteiger partial charge in [0.05, 0.1) is 5.56 Å². The number of aromatic carboxylic acids is 1. The molecule has 0 fully saturated rings. The molecule has 0 aromatic heterocycles. The van der Waals surface area contributed by atoms with Crippen LogP contribution in [0.15, 0.2) is 42.5 Å². The van der Waals surface area contributed by atoms with Crippen LogP contribution in [0.2, 0.25) is 5.02 Å². The molecule has 0 aliphatic heterocycles. The average Bonchev–Trinajstić information content (AvgIpc) is 2.38. The number of benzene rings is 2. The maximum atomic E-state index is 13.6. The van der Waals surface area contributed by atoms with Crippen LogP contribution in [0.5, 0.6) is 0 Å². The van der Waals surface area contributed by atoms with Crippen LogP contribution in [-0.2, 0) is 6.54 Å². The van der Waals surface area contributed by atoms with Gasteiger partial charge >= 0.3 is 5.97 Å². The van der Waals surface area contributed by atoms with Gasteiger partial charge in [-0.1, -0.05) is 29.8 Å². The van der Waals surface area contributed by atoms with Crippen LogP contribution < -0.4 is 5.32 Å². The number of halogens is 2. The molecule has 0 radical (unpaired) electrons. The average molecular weight is 280 g/mol. The van der Waals surface area contributed by atoms with E-state index in [4.69, 9.17) is 16.7 Å². The predicted molar refractivity (Wildman–Crippen MR) is 72.1 cm³/mol. The number of para-hydroxylation sites is 1. The van der Waals surface area contributed by atoms with Gasteiger partial charge in [0.15, 0.2) is 0 Å². The Labute approximate surface area is 114 Å². The molecule has 2 aromatic rings. The highest BCUT2D eigenvalue weighted by Gasteiger charge is 2.09. The molecule has 0 bridgehead atoms. The zero-order valence-electron chi connectivity index (χ0n) is 9.86. The SMILES string of the molecule is O=C(O)c1ccccc1NCc1ccc(Cl)cc1F. The molecular formula is C14H11ClFNO2. The minimum atomic E-state index is -1.03. The summed E-state index contributed by atoms with van der Waals surface area (Å²) in [6.45, 7) is 0.188. The number of rotatable bonds is 4. The van der Waals surface area contributed by atoms with Gasteiger partial charge < -0.3 is 10.4 Å². The molecule has 0 amide bonds. The summed E-state index contributed by atoms with van der Waals surface area (Å²) in [4.78, 5) is 11.0. The largest absolute Gasteiger partial charge is 0.478 e. The molecule has 0 heterocycles. The van der Waals surface area contributed by atoms with E-state index in [1.807, 2.05) is 0 Å². The van der Waals surface area contributed by atoms with E-state index in [0.717, 1.165) is 0 Å². The minimum absolute atomic E-state index is 0.150. The highest BCUT2D eigenvalue weighted by atomic mass is 35.5. The second-order valence-electron chi connectivity index (χ2n) is 3.94. The van der Waals surface area contributed by atoms with Gasteiger partial charge in [-0.25, -0.2) is 9.18 Å². The predicted octanol–water partition coefficient (Wildman–Crippen LogP) is 3.79. The number of carboxylic acids is 1. The molecule has 5 heteroatoms. The van der Waals surface area contributed by atoms with Crippen LogP contribution in [0.4, 0.5) is 10.1 Å². The van der Waals surface area contributed by atoms with Gasteiger partial charge in [-0.3, -0.25) is 0 Å². The van der Waals surface area contributed by atoms with Crippen LogP contribution in [0.25, 0.3) is 0 Å². The number of nitrogens with one attached hydrogen (secondary N) is 1. The lowest BCUT2D eigenvalue weighted by atomic mass is 10.1. The summed E-state index contributed by atoms with van der Waals surface area (Å²) in [5, 5.41) is 12.3. The molecular weight excluding hydrogens is 269 g/mol. The lowest BCUT2D eigenvalue weighted by Crippen LogP contribution is -2.07. The molecule has 2 aromatic carbocycles. The lowest BCUT2D eigenvalue weighted by Gasteiger charge is -2.10. The molecule has 3 nitrogen and oxygen atoms in total. The number of hydrogen-bond donors (Lipinski definition) is 2. The molecule has 0 spiro atoms. The molecule has 98 valence electrons. The fourth-order valence-corrected chi connectivity index (χ4v) is 1.84. The fraction of sp³-hybridized carbons (Fsp3) is 0.0714. The second-order valence-corrected chi connectivity index (χ2v) is 4.38. The fourth-order valence-electron chi connectivity index (χ4n) is 1.68. The molecule has 0 aliphatic rings. The monoisotopic (exact) mass is 279 g/mol. The Morgan fingerprint density at radius 1 is 1.26 bits per heavy atom. The zero-order chi connectivity index (χ0) is 13.8. The van der Waals surface area contributed by atoms with E-state index in [9.17, 15) is 9.18 Å². The summed E-state index contributed by atoms with van der Waals surface area (Å²) in [7, 11) is 0. The van der Waals surface area contributed by atoms with E-state index in [0.29, 0.717) is 16.3 Å². The quantitative estimate of drug-likeness (QED) is 0.895. The Morgan fingerprint density at radius 3 is 2.68 bits per heavy atom. The highest BCUT2D eigenvalue weighted by Crippen LogP contribution is 2.19. The molecule has 2 N–H and O–H groups in total. The maximum Gasteiger partial charge on any atom is 0.337 e. The molecule has 0 aliphatic carbocycles. The van der Waals surface area contributed by atoms with Crippen LogP contribution in [0.1, 0.15) is 15.9 Å². The Morgan fingerprint density at radius 2 is 2.00 bits per heavy atom. The topological polar surface area (TPSA) is 49.3 Å². The third-order valence-corrected chi connectivity index (χ3v) is 2.88. The van der Waals surface area contributed by atoms with Gasteiger partial charge in [0.1, 0.15) is 5.82 Å². The third-order valence-electron chi connectivity index (χ3n) is 2.64. The van der Waals surface area contributed by atoms with E-state index in [1.54, 1.807) is 30.3 Å². The van der Waals surface area contributed by atoms with Crippen molar-refractivity contribution >= 4 is 23.3 Å². The maximum absolute atomic E-state index is 13.6. The summed E-state index contributed by atoms with van der Waals surface area (Å²) in [6.07, 6.45) is 0. The first-order chi connectivity index (χ1) is 9.08. The van der Waals surface area contributed by atoms with Crippen molar-refractivity contribution in [2.45, 2.75) is 6.54 Å². The summed E-state index contributed by atoms with van der Waals surface area (Å²) < 4.78 is 13.6. The van der Waals surface area contributed by atoms with Gasteiger partial charge in [-0.05, 0) is 24.3 Å². The van der Waals surface area contributed by atoms with Gasteiger partial charge in [-0.2, -0.15) is 0 Å². The summed E-state index contributed by atoms with van der Waals surface area (Å²) in [6, 6.07) is 10.9. The van der Waals surface area contributed by atoms with Crippen molar-refractivity contribution in [3.63, 3.8) is 0 Å². The van der Waals surface area contributed by atoms with Gasteiger partial charge in [0.25, 0.3) is 0 Å². The van der Waals surface area contributed by atoms with Crippen LogP contribution in [0, 0.1) is 5.82 Å². The smallest absolute Gasteiger partial charge is 0.337 e. The van der Waals surface area contributed by atoms with Crippen molar-refractivity contribution in [2.24, 2.45) is 0 Å². The van der Waals surface area contributed by atoms with Crippen LogP contribution in [0.3, 0.4) is 0 Å². The van der Waals surface area contributed by atoms with Crippen molar-refractivity contribution < 1.29 is 14.3 Å². The van der Waals surface area contributed by atoms with E-state index >= 15 is 0 Å². The number of anilines is 1. The summed E-state index contributed by atoms with van der Waals surface area (Å²) >= 11 is 5.66. The van der Waals surface area contributed by atoms with Crippen molar-refractivity contribution in [1.82, 2.24) is 0 Å². The minimum Gasteiger partial charge on any atom is -0.478 e. The standard InChI is InChI=1S/C14H11ClFNO2/c15-10-6-5-9(12(16)7-10)8-17-13-4-2-1-3-11(13)14(18)19/h1-7,17H,8H2,(H,18,19). The van der Waals surface area contributed by atoms with Crippen LogP contribution in [-0.4, -0.2) is 11.1 Å². The number of carbonyl (C=O) groups is 1. The van der Waals surface area contributed by atoms with E-state index in [-0.39, 0.29) is 12.1 Å². The Bertz CT molecular complexity index is 616. The summed E-state index contributed by atoms with van der Waals surface area (Å²) in [5.74, 6) is -1.45. The molecule has 0 saturated carbocycles. The molecule has 2 rings (SSSR count). The second kappa shape index (κ2) is 5.71. The molecule has 19 heavy (non-hydrogen) atoms. The molecule has 0 saturated heterocycles. The highest BCUT2D eigenvalue weighted by molar-refractivity contribution is 6.30. The molecule has 0 unspecified atom stereocenters. The van der Waals surface area contributed by atoms with E-state index < -0.39 is 11.8 Å². The van der Waals surface area contributed by atoms with E-state index in [1.165, 1.54) is 12.1 Å². The Kier molecular flexibility index (Phi) is 4.02. The van der Waals surface area contributed by atoms with Crippen molar-refractivity contribution in [3.05, 3.63) is 64.4 Å². The Balaban J connectivity index is 2.17. The van der Waals surface area contributed by atoms with E-state index in [2.05, 4.69) is 5.32 Å². The van der Waals surface area contributed by atoms with Crippen molar-refractivity contribution in [2.75, 3.05) is 5.32 Å². The first kappa shape index (κ1) is 13.4. The van der Waals surface area contributed by atoms with Gasteiger partial charge in [0, 0.05) is 22.8 Å². The first-order valence-electron chi connectivity index (χ1n) is 5.58. The summed E-state index contributed by atoms with van der Waals surface area (Å²) in [5.41, 5.74) is 1.02. The normalized spacial score (nSPS) is 10.2. The van der Waals surface area contributed by atoms with Crippen LogP contribution >= 0.6 is 11.6 Å². The third kappa shape index (κ3) is 3.23. The molecule has 0 atom stereocenters. The van der Waals surface area contributed by atoms with Gasteiger partial charge in [0.2, 0.25) is 0 Å². The lowest BCUT2D eigenvalue weighted by molar-refractivity contribution is 0.0698. The number of hydrogen-bond acceptors (Lipinski definition) is 2. The van der Waals surface area contributed by atoms with Gasteiger partial charge in [-0.15, -0.1) is 0 Å².